The van der Waals surface area contributed by atoms with Gasteiger partial charge < -0.3 is 10.4 Å². The van der Waals surface area contributed by atoms with Crippen LogP contribution in [-0.2, 0) is 4.79 Å². The molecule has 4 heteroatoms. The molecule has 1 fully saturated rings. The maximum absolute atomic E-state index is 12.4. The SMILES string of the molecule is CC(NC(=O)C1(C)CCCS1)c1ccc(C#CCO)cc1. The van der Waals surface area contributed by atoms with Crippen molar-refractivity contribution in [2.45, 2.75) is 37.5 Å². The highest BCUT2D eigenvalue weighted by Gasteiger charge is 2.37. The summed E-state index contributed by atoms with van der Waals surface area (Å²) in [7, 11) is 0. The molecule has 0 bridgehead atoms. The van der Waals surface area contributed by atoms with Crippen LogP contribution in [0.5, 0.6) is 0 Å². The van der Waals surface area contributed by atoms with Crippen molar-refractivity contribution >= 4 is 17.7 Å². The van der Waals surface area contributed by atoms with Crippen LogP contribution in [0.15, 0.2) is 24.3 Å². The Kier molecular flexibility index (Phi) is 5.33. The van der Waals surface area contributed by atoms with E-state index in [2.05, 4.69) is 17.2 Å². The number of amides is 1. The van der Waals surface area contributed by atoms with Gasteiger partial charge in [0.25, 0.3) is 0 Å². The summed E-state index contributed by atoms with van der Waals surface area (Å²) < 4.78 is -0.277. The van der Waals surface area contributed by atoms with Gasteiger partial charge >= 0.3 is 0 Å². The zero-order valence-electron chi connectivity index (χ0n) is 12.5. The molecule has 2 rings (SSSR count). The third-order valence-electron chi connectivity index (χ3n) is 3.77. The normalized spacial score (nSPS) is 22.2. The van der Waals surface area contributed by atoms with Gasteiger partial charge in [-0.1, -0.05) is 24.0 Å². The van der Waals surface area contributed by atoms with Crippen LogP contribution in [0.1, 0.15) is 43.9 Å². The smallest absolute Gasteiger partial charge is 0.236 e. The van der Waals surface area contributed by atoms with Gasteiger partial charge in [0.2, 0.25) is 5.91 Å². The maximum Gasteiger partial charge on any atom is 0.236 e. The van der Waals surface area contributed by atoms with Gasteiger partial charge in [0.15, 0.2) is 0 Å². The Hall–Kier alpha value is -1.44. The van der Waals surface area contributed by atoms with Crippen LogP contribution in [-0.4, -0.2) is 28.1 Å². The molecule has 1 amide bonds. The van der Waals surface area contributed by atoms with Gasteiger partial charge in [-0.05, 0) is 50.1 Å². The first-order valence-electron chi connectivity index (χ1n) is 7.20. The zero-order chi connectivity index (χ0) is 15.3. The lowest BCUT2D eigenvalue weighted by molar-refractivity contribution is -0.123. The number of hydrogen-bond donors (Lipinski definition) is 2. The minimum Gasteiger partial charge on any atom is -0.384 e. The average Bonchev–Trinajstić information content (AvgIpc) is 2.94. The predicted molar refractivity (Wildman–Crippen MR) is 87.1 cm³/mol. The van der Waals surface area contributed by atoms with E-state index in [1.807, 2.05) is 38.1 Å². The molecule has 1 aliphatic heterocycles. The third kappa shape index (κ3) is 4.03. The van der Waals surface area contributed by atoms with Gasteiger partial charge in [0.05, 0.1) is 10.8 Å². The van der Waals surface area contributed by atoms with E-state index in [9.17, 15) is 4.79 Å². The van der Waals surface area contributed by atoms with E-state index in [1.165, 1.54) is 0 Å². The molecule has 21 heavy (non-hydrogen) atoms. The second-order valence-corrected chi connectivity index (χ2v) is 7.06. The molecule has 0 radical (unpaired) electrons. The highest BCUT2D eigenvalue weighted by atomic mass is 32.2. The Morgan fingerprint density at radius 1 is 1.48 bits per heavy atom. The van der Waals surface area contributed by atoms with Crippen molar-refractivity contribution in [2.75, 3.05) is 12.4 Å². The van der Waals surface area contributed by atoms with Crippen molar-refractivity contribution in [3.63, 3.8) is 0 Å². The van der Waals surface area contributed by atoms with E-state index >= 15 is 0 Å². The summed E-state index contributed by atoms with van der Waals surface area (Å²) in [4.78, 5) is 12.4. The highest BCUT2D eigenvalue weighted by Crippen LogP contribution is 2.38. The lowest BCUT2D eigenvalue weighted by Gasteiger charge is -2.24. The summed E-state index contributed by atoms with van der Waals surface area (Å²) in [6, 6.07) is 7.74. The van der Waals surface area contributed by atoms with E-state index < -0.39 is 0 Å². The first kappa shape index (κ1) is 15.9. The fourth-order valence-electron chi connectivity index (χ4n) is 2.39. The summed E-state index contributed by atoms with van der Waals surface area (Å²) in [6.45, 7) is 3.89. The largest absolute Gasteiger partial charge is 0.384 e. The Bertz CT molecular complexity index is 550. The van der Waals surface area contributed by atoms with Gasteiger partial charge in [0.1, 0.15) is 6.61 Å². The minimum absolute atomic E-state index is 0.0182. The molecule has 1 aromatic carbocycles. The Morgan fingerprint density at radius 3 is 2.76 bits per heavy atom. The number of nitrogens with one attached hydrogen (secondary N) is 1. The number of benzene rings is 1. The first-order valence-corrected chi connectivity index (χ1v) is 8.18. The van der Waals surface area contributed by atoms with Crippen LogP contribution >= 0.6 is 11.8 Å². The zero-order valence-corrected chi connectivity index (χ0v) is 13.3. The maximum atomic E-state index is 12.4. The molecule has 2 unspecified atom stereocenters. The van der Waals surface area contributed by atoms with Gasteiger partial charge in [-0.25, -0.2) is 0 Å². The van der Waals surface area contributed by atoms with E-state index in [1.54, 1.807) is 11.8 Å². The quantitative estimate of drug-likeness (QED) is 0.844. The van der Waals surface area contributed by atoms with Crippen molar-refractivity contribution in [3.8, 4) is 11.8 Å². The van der Waals surface area contributed by atoms with Crippen molar-refractivity contribution < 1.29 is 9.90 Å². The number of aliphatic hydroxyl groups is 1. The summed E-state index contributed by atoms with van der Waals surface area (Å²) >= 11 is 1.75. The Morgan fingerprint density at radius 2 is 2.19 bits per heavy atom. The van der Waals surface area contributed by atoms with E-state index in [4.69, 9.17) is 5.11 Å². The molecule has 1 aliphatic rings. The summed E-state index contributed by atoms with van der Waals surface area (Å²) in [5.74, 6) is 6.67. The molecule has 1 aromatic rings. The molecule has 1 heterocycles. The van der Waals surface area contributed by atoms with E-state index in [-0.39, 0.29) is 23.3 Å². The van der Waals surface area contributed by atoms with Crippen LogP contribution in [0, 0.1) is 11.8 Å². The summed E-state index contributed by atoms with van der Waals surface area (Å²) in [5.41, 5.74) is 1.93. The van der Waals surface area contributed by atoms with Crippen LogP contribution in [0.25, 0.3) is 0 Å². The van der Waals surface area contributed by atoms with Gasteiger partial charge in [0, 0.05) is 5.56 Å². The molecular formula is C17H21NO2S. The van der Waals surface area contributed by atoms with Gasteiger partial charge in [-0.15, -0.1) is 11.8 Å². The molecule has 2 N–H and O–H groups in total. The third-order valence-corrected chi connectivity index (χ3v) is 5.29. The second kappa shape index (κ2) is 7.02. The molecular weight excluding hydrogens is 282 g/mol. The second-order valence-electron chi connectivity index (χ2n) is 5.46. The van der Waals surface area contributed by atoms with Crippen LogP contribution < -0.4 is 5.32 Å². The van der Waals surface area contributed by atoms with Crippen molar-refractivity contribution in [2.24, 2.45) is 0 Å². The fourth-order valence-corrected chi connectivity index (χ4v) is 3.61. The number of carbonyl (C=O) groups excluding carboxylic acids is 1. The highest BCUT2D eigenvalue weighted by molar-refractivity contribution is 8.01. The molecule has 1 saturated heterocycles. The lowest BCUT2D eigenvalue weighted by atomic mass is 10.0. The van der Waals surface area contributed by atoms with E-state index in [0.717, 1.165) is 29.7 Å². The number of hydrogen-bond acceptors (Lipinski definition) is 3. The lowest BCUT2D eigenvalue weighted by Crippen LogP contribution is -2.41. The fraction of sp³-hybridized carbons (Fsp3) is 0.471. The van der Waals surface area contributed by atoms with Gasteiger partial charge in [-0.3, -0.25) is 4.79 Å². The van der Waals surface area contributed by atoms with Crippen LogP contribution in [0.2, 0.25) is 0 Å². The monoisotopic (exact) mass is 303 g/mol. The summed E-state index contributed by atoms with van der Waals surface area (Å²) in [6.07, 6.45) is 2.06. The first-order chi connectivity index (χ1) is 10.0. The van der Waals surface area contributed by atoms with Crippen LogP contribution in [0.4, 0.5) is 0 Å². The predicted octanol–water partition coefficient (Wildman–Crippen LogP) is 2.49. The standard InChI is InChI=1S/C17H21NO2S/c1-13(18-16(20)17(2)10-4-12-21-17)15-8-6-14(7-9-15)5-3-11-19/h6-9,13,19H,4,10-12H2,1-2H3,(H,18,20). The number of rotatable bonds is 3. The van der Waals surface area contributed by atoms with Crippen molar-refractivity contribution in [1.29, 1.82) is 0 Å². The Balaban J connectivity index is 1.99. The van der Waals surface area contributed by atoms with Gasteiger partial charge in [-0.2, -0.15) is 0 Å². The molecule has 0 aliphatic carbocycles. The average molecular weight is 303 g/mol. The van der Waals surface area contributed by atoms with E-state index in [0.29, 0.717) is 0 Å². The van der Waals surface area contributed by atoms with Crippen LogP contribution in [0.3, 0.4) is 0 Å². The van der Waals surface area contributed by atoms with Crippen molar-refractivity contribution in [1.82, 2.24) is 5.32 Å². The summed E-state index contributed by atoms with van der Waals surface area (Å²) in [5, 5.41) is 11.8. The topological polar surface area (TPSA) is 49.3 Å². The molecule has 3 nitrogen and oxygen atoms in total. The minimum atomic E-state index is -0.277. The molecule has 112 valence electrons. The number of thioether (sulfide) groups is 1. The molecule has 0 aromatic heterocycles. The number of carbonyl (C=O) groups is 1. The molecule has 2 atom stereocenters. The number of aliphatic hydroxyl groups excluding tert-OH is 1. The molecule has 0 spiro atoms. The van der Waals surface area contributed by atoms with Crippen molar-refractivity contribution in [3.05, 3.63) is 35.4 Å². The Labute approximate surface area is 130 Å². The molecule has 0 saturated carbocycles.